The van der Waals surface area contributed by atoms with Crippen molar-refractivity contribution in [2.75, 3.05) is 0 Å². The summed E-state index contributed by atoms with van der Waals surface area (Å²) in [5.74, 6) is -0.221. The molecule has 0 saturated heterocycles. The standard InChI is InChI=1S/C14H9Br2FN2O2/c15-12-6-10(7-1-2-7)13(14(16)18-12)9-4-3-8(19(20)21)5-11(9)17/h3-7H,1-2H2. The minimum atomic E-state index is -0.615. The van der Waals surface area contributed by atoms with Crippen LogP contribution in [0, 0.1) is 15.9 Å². The van der Waals surface area contributed by atoms with E-state index in [-0.39, 0.29) is 5.69 Å². The third-order valence-electron chi connectivity index (χ3n) is 3.42. The normalized spacial score (nSPS) is 14.2. The number of rotatable bonds is 3. The number of halogens is 3. The molecule has 0 bridgehead atoms. The van der Waals surface area contributed by atoms with E-state index in [9.17, 15) is 14.5 Å². The second kappa shape index (κ2) is 5.46. The fraction of sp³-hybridized carbons (Fsp3) is 0.214. The molecule has 0 spiro atoms. The zero-order chi connectivity index (χ0) is 15.1. The van der Waals surface area contributed by atoms with Gasteiger partial charge in [-0.1, -0.05) is 0 Å². The molecule has 2 aromatic rings. The molecule has 1 fully saturated rings. The first-order chi connectivity index (χ1) is 9.97. The van der Waals surface area contributed by atoms with Gasteiger partial charge in [0.1, 0.15) is 15.0 Å². The summed E-state index contributed by atoms with van der Waals surface area (Å²) in [4.78, 5) is 14.4. The highest BCUT2D eigenvalue weighted by atomic mass is 79.9. The number of pyridine rings is 1. The molecular weight excluding hydrogens is 407 g/mol. The number of nitro groups is 1. The van der Waals surface area contributed by atoms with Gasteiger partial charge in [-0.25, -0.2) is 9.37 Å². The lowest BCUT2D eigenvalue weighted by Crippen LogP contribution is -1.97. The summed E-state index contributed by atoms with van der Waals surface area (Å²) in [6, 6.07) is 5.58. The smallest absolute Gasteiger partial charge is 0.258 e. The molecule has 1 saturated carbocycles. The molecule has 7 heteroatoms. The van der Waals surface area contributed by atoms with E-state index in [1.165, 1.54) is 12.1 Å². The van der Waals surface area contributed by atoms with Gasteiger partial charge in [0.2, 0.25) is 0 Å². The highest BCUT2D eigenvalue weighted by Crippen LogP contribution is 2.47. The van der Waals surface area contributed by atoms with Crippen LogP contribution in [0.15, 0.2) is 33.5 Å². The van der Waals surface area contributed by atoms with E-state index in [4.69, 9.17) is 0 Å². The van der Waals surface area contributed by atoms with Crippen molar-refractivity contribution < 1.29 is 9.31 Å². The zero-order valence-corrected chi connectivity index (χ0v) is 13.8. The maximum Gasteiger partial charge on any atom is 0.272 e. The molecule has 0 N–H and O–H groups in total. The Hall–Kier alpha value is -1.34. The van der Waals surface area contributed by atoms with Crippen molar-refractivity contribution in [3.8, 4) is 11.1 Å². The minimum Gasteiger partial charge on any atom is -0.258 e. The van der Waals surface area contributed by atoms with Crippen LogP contribution in [0.25, 0.3) is 11.1 Å². The summed E-state index contributed by atoms with van der Waals surface area (Å²) in [6.45, 7) is 0. The van der Waals surface area contributed by atoms with Crippen LogP contribution < -0.4 is 0 Å². The van der Waals surface area contributed by atoms with Gasteiger partial charge >= 0.3 is 0 Å². The number of non-ortho nitro benzene ring substituents is 1. The van der Waals surface area contributed by atoms with Gasteiger partial charge in [-0.2, -0.15) is 0 Å². The summed E-state index contributed by atoms with van der Waals surface area (Å²) in [7, 11) is 0. The second-order valence-electron chi connectivity index (χ2n) is 4.90. The molecule has 4 nitrogen and oxygen atoms in total. The largest absolute Gasteiger partial charge is 0.272 e. The molecule has 1 heterocycles. The van der Waals surface area contributed by atoms with Crippen molar-refractivity contribution >= 4 is 37.5 Å². The lowest BCUT2D eigenvalue weighted by atomic mass is 9.98. The van der Waals surface area contributed by atoms with Crippen molar-refractivity contribution in [3.63, 3.8) is 0 Å². The Morgan fingerprint density at radius 1 is 1.29 bits per heavy atom. The molecule has 0 atom stereocenters. The topological polar surface area (TPSA) is 56.0 Å². The molecule has 3 rings (SSSR count). The van der Waals surface area contributed by atoms with Gasteiger partial charge in [-0.05, 0) is 68.3 Å². The molecule has 1 aliphatic rings. The van der Waals surface area contributed by atoms with Crippen LogP contribution in [0.2, 0.25) is 0 Å². The molecule has 1 aromatic carbocycles. The Morgan fingerprint density at radius 3 is 2.57 bits per heavy atom. The number of nitro benzene ring substituents is 1. The van der Waals surface area contributed by atoms with Gasteiger partial charge in [0.05, 0.1) is 11.0 Å². The molecule has 0 radical (unpaired) electrons. The van der Waals surface area contributed by atoms with Crippen LogP contribution in [-0.4, -0.2) is 9.91 Å². The van der Waals surface area contributed by atoms with Gasteiger partial charge in [0.25, 0.3) is 5.69 Å². The first kappa shape index (κ1) is 14.6. The van der Waals surface area contributed by atoms with E-state index in [2.05, 4.69) is 36.8 Å². The molecular formula is C14H9Br2FN2O2. The molecule has 0 amide bonds. The lowest BCUT2D eigenvalue weighted by Gasteiger charge is -2.12. The fourth-order valence-electron chi connectivity index (χ4n) is 2.30. The van der Waals surface area contributed by atoms with Gasteiger partial charge in [0, 0.05) is 17.2 Å². The van der Waals surface area contributed by atoms with Crippen molar-refractivity contribution in [2.24, 2.45) is 0 Å². The van der Waals surface area contributed by atoms with Gasteiger partial charge in [-0.15, -0.1) is 0 Å². The number of hydrogen-bond acceptors (Lipinski definition) is 3. The van der Waals surface area contributed by atoms with Crippen LogP contribution in [0.4, 0.5) is 10.1 Å². The predicted octanol–water partition coefficient (Wildman–Crippen LogP) is 5.20. The first-order valence-electron chi connectivity index (χ1n) is 6.27. The predicted molar refractivity (Wildman–Crippen MR) is 83.7 cm³/mol. The third kappa shape index (κ3) is 2.85. The Bertz CT molecular complexity index is 748. The highest BCUT2D eigenvalue weighted by molar-refractivity contribution is 9.11. The van der Waals surface area contributed by atoms with Crippen LogP contribution >= 0.6 is 31.9 Å². The van der Waals surface area contributed by atoms with Gasteiger partial charge in [0.15, 0.2) is 0 Å². The Balaban J connectivity index is 2.18. The SMILES string of the molecule is O=[N+]([O-])c1ccc(-c2c(C3CC3)cc(Br)nc2Br)c(F)c1. The van der Waals surface area contributed by atoms with E-state index in [1.54, 1.807) is 0 Å². The molecule has 1 aliphatic carbocycles. The highest BCUT2D eigenvalue weighted by Gasteiger charge is 2.29. The molecule has 108 valence electrons. The number of nitrogens with zero attached hydrogens (tertiary/aromatic N) is 2. The van der Waals surface area contributed by atoms with Crippen molar-refractivity contribution in [2.45, 2.75) is 18.8 Å². The summed E-state index contributed by atoms with van der Waals surface area (Å²) >= 11 is 6.71. The van der Waals surface area contributed by atoms with Gasteiger partial charge in [-0.3, -0.25) is 10.1 Å². The maximum absolute atomic E-state index is 14.3. The van der Waals surface area contributed by atoms with Gasteiger partial charge < -0.3 is 0 Å². The Labute approximate surface area is 136 Å². The maximum atomic E-state index is 14.3. The monoisotopic (exact) mass is 414 g/mol. The zero-order valence-electron chi connectivity index (χ0n) is 10.6. The summed E-state index contributed by atoms with van der Waals surface area (Å²) in [5, 5.41) is 10.7. The third-order valence-corrected chi connectivity index (χ3v) is 4.40. The molecule has 0 unspecified atom stereocenters. The van der Waals surface area contributed by atoms with E-state index in [0.29, 0.717) is 26.3 Å². The second-order valence-corrected chi connectivity index (χ2v) is 6.46. The van der Waals surface area contributed by atoms with Crippen LogP contribution in [0.5, 0.6) is 0 Å². The summed E-state index contributed by atoms with van der Waals surface area (Å²) in [5.41, 5.74) is 1.75. The Kier molecular flexibility index (Phi) is 3.79. The molecule has 21 heavy (non-hydrogen) atoms. The van der Waals surface area contributed by atoms with Crippen LogP contribution in [0.3, 0.4) is 0 Å². The lowest BCUT2D eigenvalue weighted by molar-refractivity contribution is -0.385. The van der Waals surface area contributed by atoms with Crippen molar-refractivity contribution in [1.82, 2.24) is 4.98 Å². The number of hydrogen-bond donors (Lipinski definition) is 0. The number of aromatic nitrogens is 1. The van der Waals surface area contributed by atoms with Crippen LogP contribution in [0.1, 0.15) is 24.3 Å². The quantitative estimate of drug-likeness (QED) is 0.393. The molecule has 1 aromatic heterocycles. The Morgan fingerprint density at radius 2 is 2.00 bits per heavy atom. The van der Waals surface area contributed by atoms with E-state index >= 15 is 0 Å². The first-order valence-corrected chi connectivity index (χ1v) is 7.86. The van der Waals surface area contributed by atoms with E-state index in [0.717, 1.165) is 24.5 Å². The van der Waals surface area contributed by atoms with E-state index < -0.39 is 10.7 Å². The molecule has 0 aliphatic heterocycles. The van der Waals surface area contributed by atoms with Crippen LogP contribution in [-0.2, 0) is 0 Å². The average molecular weight is 416 g/mol. The number of benzene rings is 1. The van der Waals surface area contributed by atoms with E-state index in [1.807, 2.05) is 6.07 Å². The fourth-order valence-corrected chi connectivity index (χ4v) is 3.60. The van der Waals surface area contributed by atoms with Crippen molar-refractivity contribution in [3.05, 3.63) is 55.0 Å². The van der Waals surface area contributed by atoms with Crippen molar-refractivity contribution in [1.29, 1.82) is 0 Å². The average Bonchev–Trinajstić information content (AvgIpc) is 3.23. The summed E-state index contributed by atoms with van der Waals surface area (Å²) in [6.07, 6.45) is 2.12. The minimum absolute atomic E-state index is 0.259. The summed E-state index contributed by atoms with van der Waals surface area (Å²) < 4.78 is 15.5.